The summed E-state index contributed by atoms with van der Waals surface area (Å²) in [4.78, 5) is 40.6. The smallest absolute Gasteiger partial charge is 0.270 e. The normalized spacial score (nSPS) is 14.9. The molecule has 2 heterocycles. The number of carbonyl (C=O) groups is 2. The van der Waals surface area contributed by atoms with Gasteiger partial charge in [-0.3, -0.25) is 19.7 Å². The van der Waals surface area contributed by atoms with Crippen LogP contribution in [-0.4, -0.2) is 52.3 Å². The summed E-state index contributed by atoms with van der Waals surface area (Å²) in [5.41, 5.74) is 0.626. The quantitative estimate of drug-likeness (QED) is 0.295. The van der Waals surface area contributed by atoms with Crippen LogP contribution in [0.1, 0.15) is 40.3 Å². The molecule has 0 radical (unpaired) electrons. The Morgan fingerprint density at radius 2 is 1.86 bits per heavy atom. The number of ether oxygens (including phenoxy) is 1. The number of non-ortho nitro benzene ring substituents is 1. The van der Waals surface area contributed by atoms with Gasteiger partial charge in [-0.2, -0.15) is 0 Å². The summed E-state index contributed by atoms with van der Waals surface area (Å²) in [6, 6.07) is 14.9. The minimum atomic E-state index is -0.567. The molecule has 1 aliphatic heterocycles. The fourth-order valence-corrected chi connectivity index (χ4v) is 4.25. The largest absolute Gasteiger partial charge is 0.464 e. The molecule has 10 heteroatoms. The Labute approximate surface area is 213 Å². The van der Waals surface area contributed by atoms with Crippen molar-refractivity contribution in [3.8, 4) is 0 Å². The van der Waals surface area contributed by atoms with E-state index in [4.69, 9.17) is 9.15 Å². The Kier molecular flexibility index (Phi) is 8.29. The number of hydrogen-bond acceptors (Lipinski definition) is 6. The van der Waals surface area contributed by atoms with Crippen LogP contribution in [0.4, 0.5) is 10.1 Å². The fourth-order valence-electron chi connectivity index (χ4n) is 4.25. The van der Waals surface area contributed by atoms with Gasteiger partial charge in [0.2, 0.25) is 5.91 Å². The Morgan fingerprint density at radius 1 is 1.08 bits per heavy atom. The third-order valence-corrected chi connectivity index (χ3v) is 6.15. The number of furan rings is 1. The molecule has 0 N–H and O–H groups in total. The predicted octanol–water partition coefficient (Wildman–Crippen LogP) is 4.49. The molecule has 2 aromatic carbocycles. The topological polar surface area (TPSA) is 106 Å². The molecule has 1 aliphatic rings. The lowest BCUT2D eigenvalue weighted by Crippen LogP contribution is -2.45. The molecular formula is C27H28FN3O6. The maximum atomic E-state index is 13.6. The van der Waals surface area contributed by atoms with E-state index < -0.39 is 10.8 Å². The van der Waals surface area contributed by atoms with Crippen LogP contribution < -0.4 is 0 Å². The zero-order valence-corrected chi connectivity index (χ0v) is 20.5. The highest BCUT2D eigenvalue weighted by Crippen LogP contribution is 2.20. The molecule has 0 spiro atoms. The lowest BCUT2D eigenvalue weighted by Gasteiger charge is -2.29. The zero-order valence-electron chi connectivity index (χ0n) is 20.5. The van der Waals surface area contributed by atoms with Gasteiger partial charge >= 0.3 is 0 Å². The zero-order chi connectivity index (χ0) is 26.4. The number of nitrogens with zero attached hydrogens (tertiary/aromatic N) is 3. The monoisotopic (exact) mass is 509 g/mol. The number of aryl methyl sites for hydroxylation is 1. The first-order chi connectivity index (χ1) is 17.8. The van der Waals surface area contributed by atoms with Gasteiger partial charge in [0.15, 0.2) is 0 Å². The number of carbonyl (C=O) groups excluding carboxylic acids is 2. The van der Waals surface area contributed by atoms with Crippen LogP contribution in [0.2, 0.25) is 0 Å². The van der Waals surface area contributed by atoms with Crippen LogP contribution in [0.25, 0.3) is 0 Å². The molecule has 1 aromatic heterocycles. The van der Waals surface area contributed by atoms with Crippen molar-refractivity contribution in [2.45, 2.75) is 39.0 Å². The van der Waals surface area contributed by atoms with E-state index >= 15 is 0 Å². The summed E-state index contributed by atoms with van der Waals surface area (Å²) < 4.78 is 24.8. The van der Waals surface area contributed by atoms with Crippen LogP contribution in [0.15, 0.2) is 65.1 Å². The first-order valence-corrected chi connectivity index (χ1v) is 12.0. The standard InChI is InChI=1S/C27H28FN3O6/c1-19-7-12-25(37-19)17-29(15-20-8-10-22(28)11-9-20)26(32)18-30(16-24-6-3-13-36-24)27(33)21-4-2-5-23(14-21)31(34)35/h2,4-5,7-12,14,24H,3,6,13,15-18H2,1H3. The molecule has 4 rings (SSSR count). The van der Waals surface area contributed by atoms with Crippen molar-refractivity contribution < 1.29 is 28.1 Å². The van der Waals surface area contributed by atoms with E-state index in [-0.39, 0.29) is 55.3 Å². The van der Waals surface area contributed by atoms with E-state index in [0.29, 0.717) is 23.7 Å². The van der Waals surface area contributed by atoms with Crippen molar-refractivity contribution in [3.63, 3.8) is 0 Å². The third-order valence-electron chi connectivity index (χ3n) is 6.15. The molecule has 9 nitrogen and oxygen atoms in total. The Hall–Kier alpha value is -4.05. The minimum absolute atomic E-state index is 0.117. The highest BCUT2D eigenvalue weighted by molar-refractivity contribution is 5.97. The number of rotatable bonds is 10. The molecule has 1 saturated heterocycles. The number of nitro benzene ring substituents is 1. The van der Waals surface area contributed by atoms with Gasteiger partial charge in [0.1, 0.15) is 23.9 Å². The van der Waals surface area contributed by atoms with Crippen LogP contribution in [-0.2, 0) is 22.6 Å². The molecule has 0 saturated carbocycles. The highest BCUT2D eigenvalue weighted by Gasteiger charge is 2.28. The predicted molar refractivity (Wildman–Crippen MR) is 132 cm³/mol. The second kappa shape index (κ2) is 11.8. The average molecular weight is 510 g/mol. The maximum Gasteiger partial charge on any atom is 0.270 e. The Morgan fingerprint density at radius 3 is 2.51 bits per heavy atom. The van der Waals surface area contributed by atoms with E-state index in [1.54, 1.807) is 31.2 Å². The van der Waals surface area contributed by atoms with Gasteiger partial charge in [-0.25, -0.2) is 4.39 Å². The van der Waals surface area contributed by atoms with E-state index in [0.717, 1.165) is 12.8 Å². The van der Waals surface area contributed by atoms with Gasteiger partial charge in [0.25, 0.3) is 11.6 Å². The molecule has 3 aromatic rings. The van der Waals surface area contributed by atoms with Crippen LogP contribution in [0.5, 0.6) is 0 Å². The average Bonchev–Trinajstić information content (AvgIpc) is 3.55. The SMILES string of the molecule is Cc1ccc(CN(Cc2ccc(F)cc2)C(=O)CN(CC2CCCO2)C(=O)c2cccc([N+](=O)[O-])c2)o1. The van der Waals surface area contributed by atoms with Crippen molar-refractivity contribution in [2.75, 3.05) is 19.7 Å². The van der Waals surface area contributed by atoms with Crippen molar-refractivity contribution in [1.82, 2.24) is 9.80 Å². The van der Waals surface area contributed by atoms with Crippen LogP contribution in [0, 0.1) is 22.9 Å². The first-order valence-electron chi connectivity index (χ1n) is 12.0. The van der Waals surface area contributed by atoms with Gasteiger partial charge in [-0.1, -0.05) is 18.2 Å². The summed E-state index contributed by atoms with van der Waals surface area (Å²) in [7, 11) is 0. The second-order valence-electron chi connectivity index (χ2n) is 9.02. The van der Waals surface area contributed by atoms with Crippen molar-refractivity contribution >= 4 is 17.5 Å². The number of nitro groups is 1. The fraction of sp³-hybridized carbons (Fsp3) is 0.333. The second-order valence-corrected chi connectivity index (χ2v) is 9.02. The molecule has 37 heavy (non-hydrogen) atoms. The first kappa shape index (κ1) is 26.0. The van der Waals surface area contributed by atoms with Crippen molar-refractivity contribution in [3.05, 3.63) is 99.2 Å². The lowest BCUT2D eigenvalue weighted by atomic mass is 10.1. The molecule has 0 bridgehead atoms. The molecule has 1 atom stereocenters. The van der Waals surface area contributed by atoms with E-state index in [2.05, 4.69) is 0 Å². The Balaban J connectivity index is 1.58. The Bertz CT molecular complexity index is 1250. The van der Waals surface area contributed by atoms with Crippen LogP contribution in [0.3, 0.4) is 0 Å². The molecule has 194 valence electrons. The van der Waals surface area contributed by atoms with Crippen molar-refractivity contribution in [2.24, 2.45) is 0 Å². The van der Waals surface area contributed by atoms with Gasteiger partial charge in [-0.05, 0) is 55.7 Å². The lowest BCUT2D eigenvalue weighted by molar-refractivity contribution is -0.384. The molecule has 2 amide bonds. The minimum Gasteiger partial charge on any atom is -0.464 e. The van der Waals surface area contributed by atoms with Gasteiger partial charge in [-0.15, -0.1) is 0 Å². The van der Waals surface area contributed by atoms with Crippen LogP contribution >= 0.6 is 0 Å². The van der Waals surface area contributed by atoms with Gasteiger partial charge in [0, 0.05) is 37.4 Å². The summed E-state index contributed by atoms with van der Waals surface area (Å²) in [6.45, 7) is 2.63. The summed E-state index contributed by atoms with van der Waals surface area (Å²) in [5.74, 6) is 0.0422. The highest BCUT2D eigenvalue weighted by atomic mass is 19.1. The summed E-state index contributed by atoms with van der Waals surface area (Å²) in [5, 5.41) is 11.2. The van der Waals surface area contributed by atoms with E-state index in [9.17, 15) is 24.1 Å². The number of amides is 2. The van der Waals surface area contributed by atoms with E-state index in [1.807, 2.05) is 0 Å². The maximum absolute atomic E-state index is 13.6. The third kappa shape index (κ3) is 7.01. The summed E-state index contributed by atoms with van der Waals surface area (Å²) in [6.07, 6.45) is 1.37. The van der Waals surface area contributed by atoms with E-state index in [1.165, 1.54) is 46.2 Å². The number of halogens is 1. The van der Waals surface area contributed by atoms with Gasteiger partial charge in [0.05, 0.1) is 17.6 Å². The number of benzene rings is 2. The van der Waals surface area contributed by atoms with Gasteiger partial charge < -0.3 is 19.0 Å². The number of hydrogen-bond donors (Lipinski definition) is 0. The van der Waals surface area contributed by atoms with Crippen molar-refractivity contribution in [1.29, 1.82) is 0 Å². The molecule has 0 aliphatic carbocycles. The molecule has 1 fully saturated rings. The molecular weight excluding hydrogens is 481 g/mol. The summed E-state index contributed by atoms with van der Waals surface area (Å²) >= 11 is 0. The molecule has 1 unspecified atom stereocenters.